The van der Waals surface area contributed by atoms with Gasteiger partial charge in [-0.3, -0.25) is 13.9 Å². The van der Waals surface area contributed by atoms with Crippen molar-refractivity contribution >= 4 is 50.7 Å². The van der Waals surface area contributed by atoms with Gasteiger partial charge >= 0.3 is 0 Å². The standard InChI is InChI=1S/C28H31Cl2N3O4S/c1-19(2)31-28(35)21(4)32(17-22-8-7-9-23(29)16-22)27(34)18-33(26-11-6-5-10-25(26)30)38(36,37)24-14-12-20(3)13-15-24/h5-16,19,21H,17-18H2,1-4H3,(H,31,35)/t21-/m0/s1. The molecule has 0 bridgehead atoms. The Balaban J connectivity index is 2.05. The van der Waals surface area contributed by atoms with Gasteiger partial charge in [0.2, 0.25) is 11.8 Å². The SMILES string of the molecule is Cc1ccc(S(=O)(=O)N(CC(=O)N(Cc2cccc(Cl)c2)[C@@H](C)C(=O)NC(C)C)c2ccccc2Cl)cc1. The van der Waals surface area contributed by atoms with Crippen molar-refractivity contribution in [3.8, 4) is 0 Å². The van der Waals surface area contributed by atoms with Crippen LogP contribution >= 0.6 is 23.2 Å². The summed E-state index contributed by atoms with van der Waals surface area (Å²) in [7, 11) is -4.19. The molecule has 0 aliphatic rings. The van der Waals surface area contributed by atoms with Crippen LogP contribution < -0.4 is 9.62 Å². The second-order valence-electron chi connectivity index (χ2n) is 9.27. The summed E-state index contributed by atoms with van der Waals surface area (Å²) in [5.41, 5.74) is 1.74. The quantitative estimate of drug-likeness (QED) is 0.348. The van der Waals surface area contributed by atoms with Crippen LogP contribution in [-0.4, -0.2) is 43.8 Å². The second-order valence-corrected chi connectivity index (χ2v) is 12.0. The molecule has 0 aliphatic heterocycles. The fraction of sp³-hybridized carbons (Fsp3) is 0.286. The van der Waals surface area contributed by atoms with Crippen LogP contribution in [0.2, 0.25) is 10.0 Å². The minimum absolute atomic E-state index is 0.0165. The summed E-state index contributed by atoms with van der Waals surface area (Å²) in [6.45, 7) is 6.58. The van der Waals surface area contributed by atoms with Gasteiger partial charge in [0.15, 0.2) is 0 Å². The normalized spacial score (nSPS) is 12.2. The summed E-state index contributed by atoms with van der Waals surface area (Å²) in [6.07, 6.45) is 0. The Morgan fingerprint density at radius 3 is 2.18 bits per heavy atom. The van der Waals surface area contributed by atoms with E-state index < -0.39 is 28.5 Å². The van der Waals surface area contributed by atoms with Gasteiger partial charge < -0.3 is 10.2 Å². The number of anilines is 1. The summed E-state index contributed by atoms with van der Waals surface area (Å²) in [5.74, 6) is -0.937. The molecule has 0 fully saturated rings. The van der Waals surface area contributed by atoms with Crippen molar-refractivity contribution in [2.45, 2.75) is 51.2 Å². The summed E-state index contributed by atoms with van der Waals surface area (Å²) in [5, 5.41) is 3.47. The van der Waals surface area contributed by atoms with Crippen LogP contribution in [0.3, 0.4) is 0 Å². The van der Waals surface area contributed by atoms with Crippen LogP contribution in [-0.2, 0) is 26.2 Å². The van der Waals surface area contributed by atoms with Crippen molar-refractivity contribution in [3.05, 3.63) is 94.0 Å². The van der Waals surface area contributed by atoms with Gasteiger partial charge in [0.1, 0.15) is 12.6 Å². The van der Waals surface area contributed by atoms with Gasteiger partial charge in [-0.15, -0.1) is 0 Å². The largest absolute Gasteiger partial charge is 0.352 e. The molecule has 3 rings (SSSR count). The molecule has 10 heteroatoms. The molecule has 2 amide bonds. The van der Waals surface area contributed by atoms with E-state index in [2.05, 4.69) is 5.32 Å². The smallest absolute Gasteiger partial charge is 0.264 e. The molecule has 3 aromatic carbocycles. The zero-order chi connectivity index (χ0) is 28.0. The van der Waals surface area contributed by atoms with E-state index in [0.29, 0.717) is 10.6 Å². The van der Waals surface area contributed by atoms with E-state index in [-0.39, 0.29) is 34.1 Å². The molecule has 0 aromatic heterocycles. The highest BCUT2D eigenvalue weighted by atomic mass is 35.5. The summed E-state index contributed by atoms with van der Waals surface area (Å²) in [6, 6.07) is 18.7. The molecule has 0 saturated carbocycles. The minimum atomic E-state index is -4.19. The molecule has 0 aliphatic carbocycles. The lowest BCUT2D eigenvalue weighted by Crippen LogP contribution is -2.52. The Bertz CT molecular complexity index is 1400. The molecule has 0 radical (unpaired) electrons. The highest BCUT2D eigenvalue weighted by Crippen LogP contribution is 2.31. The zero-order valence-corrected chi connectivity index (χ0v) is 24.0. The summed E-state index contributed by atoms with van der Waals surface area (Å²) < 4.78 is 28.6. The Hall–Kier alpha value is -3.07. The molecule has 7 nitrogen and oxygen atoms in total. The average molecular weight is 577 g/mol. The third-order valence-electron chi connectivity index (χ3n) is 5.85. The lowest BCUT2D eigenvalue weighted by molar-refractivity contribution is -0.139. The Labute approximate surface area is 234 Å². The Morgan fingerprint density at radius 2 is 1.58 bits per heavy atom. The van der Waals surface area contributed by atoms with E-state index in [1.807, 2.05) is 20.8 Å². The monoisotopic (exact) mass is 575 g/mol. The van der Waals surface area contributed by atoms with E-state index in [9.17, 15) is 18.0 Å². The Morgan fingerprint density at radius 1 is 0.921 bits per heavy atom. The third kappa shape index (κ3) is 7.28. The van der Waals surface area contributed by atoms with Crippen molar-refractivity contribution in [2.75, 3.05) is 10.8 Å². The number of hydrogen-bond acceptors (Lipinski definition) is 4. The summed E-state index contributed by atoms with van der Waals surface area (Å²) >= 11 is 12.6. The van der Waals surface area contributed by atoms with Crippen molar-refractivity contribution in [3.63, 3.8) is 0 Å². The molecule has 38 heavy (non-hydrogen) atoms. The highest BCUT2D eigenvalue weighted by molar-refractivity contribution is 7.92. The van der Waals surface area contributed by atoms with E-state index in [0.717, 1.165) is 9.87 Å². The first kappa shape index (κ1) is 29.5. The lowest BCUT2D eigenvalue weighted by atomic mass is 10.1. The van der Waals surface area contributed by atoms with Crippen LogP contribution in [0.5, 0.6) is 0 Å². The number of para-hydroxylation sites is 1. The van der Waals surface area contributed by atoms with Crippen LogP contribution in [0.15, 0.2) is 77.7 Å². The zero-order valence-electron chi connectivity index (χ0n) is 21.7. The van der Waals surface area contributed by atoms with E-state index in [1.165, 1.54) is 23.1 Å². The Kier molecular flexibility index (Phi) is 9.82. The number of nitrogens with one attached hydrogen (secondary N) is 1. The number of sulfonamides is 1. The average Bonchev–Trinajstić information content (AvgIpc) is 2.85. The first-order valence-corrected chi connectivity index (χ1v) is 14.3. The number of carbonyl (C=O) groups excluding carboxylic acids is 2. The number of halogens is 2. The molecule has 0 spiro atoms. The van der Waals surface area contributed by atoms with Crippen LogP contribution in [0.25, 0.3) is 0 Å². The number of benzene rings is 3. The molecule has 3 aromatic rings. The van der Waals surface area contributed by atoms with Crippen LogP contribution in [0.4, 0.5) is 5.69 Å². The summed E-state index contributed by atoms with van der Waals surface area (Å²) in [4.78, 5) is 28.1. The van der Waals surface area contributed by atoms with Gasteiger partial charge in [-0.1, -0.05) is 65.2 Å². The molecule has 0 unspecified atom stereocenters. The predicted molar refractivity (Wildman–Crippen MR) is 152 cm³/mol. The van der Waals surface area contributed by atoms with Gasteiger partial charge in [-0.25, -0.2) is 8.42 Å². The number of amides is 2. The molecule has 0 heterocycles. The lowest BCUT2D eigenvalue weighted by Gasteiger charge is -2.32. The number of nitrogens with zero attached hydrogens (tertiary/aromatic N) is 2. The third-order valence-corrected chi connectivity index (χ3v) is 8.18. The van der Waals surface area contributed by atoms with E-state index in [1.54, 1.807) is 61.5 Å². The van der Waals surface area contributed by atoms with Gasteiger partial charge in [0.25, 0.3) is 10.0 Å². The molecule has 1 atom stereocenters. The fourth-order valence-corrected chi connectivity index (χ4v) is 5.76. The molecular weight excluding hydrogens is 545 g/mol. The molecule has 1 N–H and O–H groups in total. The first-order chi connectivity index (χ1) is 17.9. The van der Waals surface area contributed by atoms with Gasteiger partial charge in [0.05, 0.1) is 15.6 Å². The fourth-order valence-electron chi connectivity index (χ4n) is 3.82. The molecule has 202 valence electrons. The maximum Gasteiger partial charge on any atom is 0.264 e. The van der Waals surface area contributed by atoms with Crippen molar-refractivity contribution < 1.29 is 18.0 Å². The second kappa shape index (κ2) is 12.7. The molecular formula is C28H31Cl2N3O4S. The minimum Gasteiger partial charge on any atom is -0.352 e. The van der Waals surface area contributed by atoms with Crippen molar-refractivity contribution in [1.29, 1.82) is 0 Å². The maximum atomic E-state index is 13.9. The van der Waals surface area contributed by atoms with Crippen LogP contribution in [0, 0.1) is 6.92 Å². The van der Waals surface area contributed by atoms with E-state index >= 15 is 0 Å². The first-order valence-electron chi connectivity index (χ1n) is 12.1. The van der Waals surface area contributed by atoms with Gasteiger partial charge in [0, 0.05) is 17.6 Å². The van der Waals surface area contributed by atoms with Crippen molar-refractivity contribution in [1.82, 2.24) is 10.2 Å². The highest BCUT2D eigenvalue weighted by Gasteiger charge is 2.33. The van der Waals surface area contributed by atoms with E-state index in [4.69, 9.17) is 23.2 Å². The van der Waals surface area contributed by atoms with Crippen LogP contribution in [0.1, 0.15) is 31.9 Å². The number of hydrogen-bond donors (Lipinski definition) is 1. The number of carbonyl (C=O) groups is 2. The number of aryl methyl sites for hydroxylation is 1. The number of rotatable bonds is 10. The molecule has 0 saturated heterocycles. The predicted octanol–water partition coefficient (Wildman–Crippen LogP) is 5.44. The van der Waals surface area contributed by atoms with Crippen molar-refractivity contribution in [2.24, 2.45) is 0 Å². The van der Waals surface area contributed by atoms with Gasteiger partial charge in [-0.2, -0.15) is 0 Å². The maximum absolute atomic E-state index is 13.9. The van der Waals surface area contributed by atoms with Gasteiger partial charge in [-0.05, 0) is 69.7 Å². The topological polar surface area (TPSA) is 86.8 Å².